The standard InChI is InChI=1S/C19H28ClN5O2/c1-12(2)17-23-19(27-24-17)25-8-5-15(6-9-25)13(3)7-10-26-16-11-21-18(20)22-14(16)4/h11-13,15H,5-10H2,1-4H3/t13-/m1/s1. The molecule has 0 saturated carbocycles. The fourth-order valence-electron chi connectivity index (χ4n) is 3.41. The minimum atomic E-state index is 0.252. The summed E-state index contributed by atoms with van der Waals surface area (Å²) >= 11 is 5.78. The molecule has 0 bridgehead atoms. The zero-order chi connectivity index (χ0) is 19.4. The lowest BCUT2D eigenvalue weighted by atomic mass is 9.84. The molecule has 0 spiro atoms. The maximum Gasteiger partial charge on any atom is 0.324 e. The summed E-state index contributed by atoms with van der Waals surface area (Å²) < 4.78 is 11.3. The highest BCUT2D eigenvalue weighted by molar-refractivity contribution is 6.28. The number of hydrogen-bond acceptors (Lipinski definition) is 7. The second-order valence-electron chi connectivity index (χ2n) is 7.62. The van der Waals surface area contributed by atoms with Crippen molar-refractivity contribution < 1.29 is 9.26 Å². The first-order valence-electron chi connectivity index (χ1n) is 9.64. The third-order valence-corrected chi connectivity index (χ3v) is 5.48. The van der Waals surface area contributed by atoms with Crippen molar-refractivity contribution in [3.05, 3.63) is 23.0 Å². The van der Waals surface area contributed by atoms with Gasteiger partial charge in [-0.05, 0) is 49.6 Å². The van der Waals surface area contributed by atoms with Crippen LogP contribution in [0.1, 0.15) is 57.5 Å². The first kappa shape index (κ1) is 19.9. The molecule has 148 valence electrons. The van der Waals surface area contributed by atoms with Crippen molar-refractivity contribution in [1.82, 2.24) is 20.1 Å². The van der Waals surface area contributed by atoms with Crippen molar-refractivity contribution in [2.75, 3.05) is 24.6 Å². The fourth-order valence-corrected chi connectivity index (χ4v) is 3.58. The van der Waals surface area contributed by atoms with Gasteiger partial charge in [0.2, 0.25) is 5.28 Å². The zero-order valence-electron chi connectivity index (χ0n) is 16.5. The maximum absolute atomic E-state index is 5.84. The zero-order valence-corrected chi connectivity index (χ0v) is 17.2. The molecule has 7 nitrogen and oxygen atoms in total. The molecular formula is C19H28ClN5O2. The molecule has 2 aromatic rings. The Morgan fingerprint density at radius 2 is 2.00 bits per heavy atom. The van der Waals surface area contributed by atoms with Crippen LogP contribution in [0, 0.1) is 18.8 Å². The van der Waals surface area contributed by atoms with Crippen LogP contribution in [0.4, 0.5) is 6.01 Å². The Bertz CT molecular complexity index is 743. The Morgan fingerprint density at radius 3 is 2.63 bits per heavy atom. The van der Waals surface area contributed by atoms with Crippen LogP contribution in [0.25, 0.3) is 0 Å². The van der Waals surface area contributed by atoms with Crippen molar-refractivity contribution >= 4 is 17.6 Å². The molecule has 1 atom stereocenters. The van der Waals surface area contributed by atoms with E-state index in [1.807, 2.05) is 6.92 Å². The van der Waals surface area contributed by atoms with Gasteiger partial charge in [0, 0.05) is 19.0 Å². The van der Waals surface area contributed by atoms with Gasteiger partial charge in [0.1, 0.15) is 0 Å². The predicted molar refractivity (Wildman–Crippen MR) is 104 cm³/mol. The Kier molecular flexibility index (Phi) is 6.52. The summed E-state index contributed by atoms with van der Waals surface area (Å²) in [5, 5.41) is 4.32. The van der Waals surface area contributed by atoms with E-state index in [0.29, 0.717) is 30.2 Å². The molecule has 3 rings (SSSR count). The van der Waals surface area contributed by atoms with Crippen LogP contribution >= 0.6 is 11.6 Å². The Balaban J connectivity index is 1.43. The van der Waals surface area contributed by atoms with Gasteiger partial charge < -0.3 is 14.2 Å². The Labute approximate surface area is 165 Å². The number of aromatic nitrogens is 4. The average Bonchev–Trinajstić information content (AvgIpc) is 3.14. The summed E-state index contributed by atoms with van der Waals surface area (Å²) in [6, 6.07) is 0.659. The highest BCUT2D eigenvalue weighted by Crippen LogP contribution is 2.29. The smallest absolute Gasteiger partial charge is 0.324 e. The van der Waals surface area contributed by atoms with E-state index < -0.39 is 0 Å². The highest BCUT2D eigenvalue weighted by atomic mass is 35.5. The third-order valence-electron chi connectivity index (χ3n) is 5.30. The number of hydrogen-bond donors (Lipinski definition) is 0. The second kappa shape index (κ2) is 8.87. The molecule has 1 aliphatic rings. The third kappa shape index (κ3) is 5.09. The average molecular weight is 394 g/mol. The van der Waals surface area contributed by atoms with Gasteiger partial charge in [0.15, 0.2) is 11.6 Å². The topological polar surface area (TPSA) is 77.2 Å². The van der Waals surface area contributed by atoms with E-state index in [0.717, 1.165) is 43.9 Å². The minimum Gasteiger partial charge on any atom is -0.490 e. The van der Waals surface area contributed by atoms with Gasteiger partial charge in [-0.2, -0.15) is 4.98 Å². The summed E-state index contributed by atoms with van der Waals surface area (Å²) in [5.41, 5.74) is 0.774. The van der Waals surface area contributed by atoms with Crippen molar-refractivity contribution in [1.29, 1.82) is 0 Å². The summed E-state index contributed by atoms with van der Waals surface area (Å²) in [4.78, 5) is 14.8. The van der Waals surface area contributed by atoms with Crippen LogP contribution in [-0.2, 0) is 0 Å². The van der Waals surface area contributed by atoms with Crippen LogP contribution in [0.2, 0.25) is 5.28 Å². The van der Waals surface area contributed by atoms with E-state index in [1.54, 1.807) is 6.20 Å². The van der Waals surface area contributed by atoms with Crippen LogP contribution < -0.4 is 9.64 Å². The van der Waals surface area contributed by atoms with E-state index in [1.165, 1.54) is 0 Å². The summed E-state index contributed by atoms with van der Waals surface area (Å²) in [6.07, 6.45) is 4.90. The molecule has 1 fully saturated rings. The van der Waals surface area contributed by atoms with E-state index in [-0.39, 0.29) is 11.2 Å². The molecule has 0 N–H and O–H groups in total. The van der Waals surface area contributed by atoms with E-state index >= 15 is 0 Å². The molecule has 8 heteroatoms. The van der Waals surface area contributed by atoms with Gasteiger partial charge in [-0.15, -0.1) is 0 Å². The SMILES string of the molecule is Cc1nc(Cl)ncc1OCC[C@@H](C)C1CCN(c2nc(C(C)C)no2)CC1. The number of anilines is 1. The van der Waals surface area contributed by atoms with Gasteiger partial charge >= 0.3 is 6.01 Å². The molecule has 27 heavy (non-hydrogen) atoms. The Morgan fingerprint density at radius 1 is 1.26 bits per heavy atom. The van der Waals surface area contributed by atoms with Crippen LogP contribution in [-0.4, -0.2) is 39.8 Å². The van der Waals surface area contributed by atoms with Gasteiger partial charge in [0.25, 0.3) is 0 Å². The molecular weight excluding hydrogens is 366 g/mol. The van der Waals surface area contributed by atoms with Crippen molar-refractivity contribution in [3.8, 4) is 5.75 Å². The van der Waals surface area contributed by atoms with Crippen LogP contribution in [0.15, 0.2) is 10.7 Å². The number of halogens is 1. The number of ether oxygens (including phenoxy) is 1. The minimum absolute atomic E-state index is 0.252. The first-order chi connectivity index (χ1) is 12.9. The maximum atomic E-state index is 5.84. The lowest BCUT2D eigenvalue weighted by Gasteiger charge is -2.33. The quantitative estimate of drug-likeness (QED) is 0.650. The summed E-state index contributed by atoms with van der Waals surface area (Å²) in [6.45, 7) is 10.9. The van der Waals surface area contributed by atoms with Crippen LogP contribution in [0.3, 0.4) is 0 Å². The second-order valence-corrected chi connectivity index (χ2v) is 7.96. The molecule has 0 aliphatic carbocycles. The molecule has 0 radical (unpaired) electrons. The molecule has 1 aliphatic heterocycles. The predicted octanol–water partition coefficient (Wildman–Crippen LogP) is 4.27. The van der Waals surface area contributed by atoms with Crippen molar-refractivity contribution in [3.63, 3.8) is 0 Å². The summed E-state index contributed by atoms with van der Waals surface area (Å²) in [5.74, 6) is 3.04. The number of rotatable bonds is 7. The molecule has 3 heterocycles. The van der Waals surface area contributed by atoms with Gasteiger partial charge in [-0.3, -0.25) is 0 Å². The number of nitrogens with zero attached hydrogens (tertiary/aromatic N) is 5. The first-order valence-corrected chi connectivity index (χ1v) is 10.0. The van der Waals surface area contributed by atoms with Gasteiger partial charge in [-0.25, -0.2) is 9.97 Å². The Hall–Kier alpha value is -1.89. The number of piperidine rings is 1. The normalized spacial score (nSPS) is 16.7. The molecule has 0 amide bonds. The lowest BCUT2D eigenvalue weighted by molar-refractivity contribution is 0.219. The van der Waals surface area contributed by atoms with E-state index in [9.17, 15) is 0 Å². The highest BCUT2D eigenvalue weighted by Gasteiger charge is 2.26. The van der Waals surface area contributed by atoms with Gasteiger partial charge in [-0.1, -0.05) is 25.9 Å². The monoisotopic (exact) mass is 393 g/mol. The molecule has 2 aromatic heterocycles. The van der Waals surface area contributed by atoms with Crippen molar-refractivity contribution in [2.24, 2.45) is 11.8 Å². The molecule has 1 saturated heterocycles. The van der Waals surface area contributed by atoms with E-state index in [4.69, 9.17) is 20.9 Å². The van der Waals surface area contributed by atoms with E-state index in [2.05, 4.69) is 45.8 Å². The van der Waals surface area contributed by atoms with Gasteiger partial charge in [0.05, 0.1) is 18.5 Å². The fraction of sp³-hybridized carbons (Fsp3) is 0.684. The van der Waals surface area contributed by atoms with Crippen LogP contribution in [0.5, 0.6) is 5.75 Å². The molecule has 0 unspecified atom stereocenters. The molecule has 0 aromatic carbocycles. The largest absolute Gasteiger partial charge is 0.490 e. The summed E-state index contributed by atoms with van der Waals surface area (Å²) in [7, 11) is 0. The van der Waals surface area contributed by atoms with Crippen molar-refractivity contribution in [2.45, 2.75) is 52.9 Å². The number of aryl methyl sites for hydroxylation is 1. The lowest BCUT2D eigenvalue weighted by Crippen LogP contribution is -2.36.